The van der Waals surface area contributed by atoms with Crippen molar-refractivity contribution in [3.8, 4) is 16.2 Å². The molecule has 3 aromatic rings. The molecule has 2 nitrogen and oxygen atoms in total. The standard InChI is InChI=1S/C20H20FNOS/c21-17-6-3-16-13-19(24-20(16)14-17)15-4-7-18(8-5-15)23-12-11-22-9-1-2-10-22/h3-8,13-14H,1-2,9-12H2. The van der Waals surface area contributed by atoms with Gasteiger partial charge in [0, 0.05) is 16.1 Å². The van der Waals surface area contributed by atoms with Crippen LogP contribution in [-0.2, 0) is 0 Å². The molecule has 4 heteroatoms. The number of rotatable bonds is 5. The molecule has 0 atom stereocenters. The zero-order valence-electron chi connectivity index (χ0n) is 13.5. The Balaban J connectivity index is 1.42. The highest BCUT2D eigenvalue weighted by molar-refractivity contribution is 7.22. The van der Waals surface area contributed by atoms with Gasteiger partial charge in [0.05, 0.1) is 0 Å². The SMILES string of the molecule is Fc1ccc2cc(-c3ccc(OCCN4CCCC4)cc3)sc2c1. The lowest BCUT2D eigenvalue weighted by atomic mass is 10.1. The lowest BCUT2D eigenvalue weighted by Gasteiger charge is -2.14. The van der Waals surface area contributed by atoms with Crippen LogP contribution in [0.1, 0.15) is 12.8 Å². The minimum Gasteiger partial charge on any atom is -0.492 e. The van der Waals surface area contributed by atoms with E-state index >= 15 is 0 Å². The van der Waals surface area contributed by atoms with Crippen molar-refractivity contribution < 1.29 is 9.13 Å². The van der Waals surface area contributed by atoms with Crippen molar-refractivity contribution >= 4 is 21.4 Å². The summed E-state index contributed by atoms with van der Waals surface area (Å²) in [6.45, 7) is 4.15. The molecule has 0 unspecified atom stereocenters. The average molecular weight is 341 g/mol. The number of nitrogens with zero attached hydrogens (tertiary/aromatic N) is 1. The van der Waals surface area contributed by atoms with Gasteiger partial charge in [0.15, 0.2) is 0 Å². The van der Waals surface area contributed by atoms with Crippen LogP contribution < -0.4 is 4.74 Å². The Labute approximate surface area is 145 Å². The third-order valence-electron chi connectivity index (χ3n) is 4.50. The molecule has 24 heavy (non-hydrogen) atoms. The summed E-state index contributed by atoms with van der Waals surface area (Å²) in [7, 11) is 0. The van der Waals surface area contributed by atoms with Crippen molar-refractivity contribution in [1.29, 1.82) is 0 Å². The molecule has 4 rings (SSSR count). The molecule has 0 spiro atoms. The molecule has 0 amide bonds. The molecule has 0 N–H and O–H groups in total. The number of likely N-dealkylation sites (tertiary alicyclic amines) is 1. The molecule has 0 saturated carbocycles. The summed E-state index contributed by atoms with van der Waals surface area (Å²) in [4.78, 5) is 3.60. The highest BCUT2D eigenvalue weighted by Crippen LogP contribution is 2.34. The monoisotopic (exact) mass is 341 g/mol. The van der Waals surface area contributed by atoms with Crippen molar-refractivity contribution in [3.63, 3.8) is 0 Å². The molecular formula is C20H20FNOS. The first-order valence-corrected chi connectivity index (χ1v) is 9.24. The zero-order valence-corrected chi connectivity index (χ0v) is 14.3. The van der Waals surface area contributed by atoms with Crippen molar-refractivity contribution in [2.45, 2.75) is 12.8 Å². The predicted molar refractivity (Wildman–Crippen MR) is 98.4 cm³/mol. The molecule has 2 heterocycles. The largest absolute Gasteiger partial charge is 0.492 e. The molecule has 0 bridgehead atoms. The Morgan fingerprint density at radius 2 is 1.79 bits per heavy atom. The Kier molecular flexibility index (Phi) is 4.50. The van der Waals surface area contributed by atoms with E-state index in [9.17, 15) is 4.39 Å². The fraction of sp³-hybridized carbons (Fsp3) is 0.300. The maximum absolute atomic E-state index is 13.3. The van der Waals surface area contributed by atoms with Crippen molar-refractivity contribution in [1.82, 2.24) is 4.90 Å². The van der Waals surface area contributed by atoms with E-state index in [1.165, 1.54) is 32.0 Å². The topological polar surface area (TPSA) is 12.5 Å². The molecule has 1 aliphatic rings. The van der Waals surface area contributed by atoms with E-state index < -0.39 is 0 Å². The third-order valence-corrected chi connectivity index (χ3v) is 5.64. The highest BCUT2D eigenvalue weighted by atomic mass is 32.1. The van der Waals surface area contributed by atoms with Crippen LogP contribution in [-0.4, -0.2) is 31.1 Å². The van der Waals surface area contributed by atoms with Gasteiger partial charge in [0.1, 0.15) is 18.2 Å². The van der Waals surface area contributed by atoms with E-state index in [0.717, 1.165) is 39.4 Å². The molecule has 0 aliphatic carbocycles. The Morgan fingerprint density at radius 1 is 1.00 bits per heavy atom. The predicted octanol–water partition coefficient (Wildman–Crippen LogP) is 5.18. The zero-order chi connectivity index (χ0) is 16.4. The lowest BCUT2D eigenvalue weighted by Crippen LogP contribution is -2.25. The van der Waals surface area contributed by atoms with Crippen molar-refractivity contribution in [2.75, 3.05) is 26.2 Å². The maximum atomic E-state index is 13.3. The maximum Gasteiger partial charge on any atom is 0.124 e. The lowest BCUT2D eigenvalue weighted by molar-refractivity contribution is 0.238. The van der Waals surface area contributed by atoms with Crippen LogP contribution in [0.15, 0.2) is 48.5 Å². The number of halogens is 1. The molecule has 1 fully saturated rings. The molecular weight excluding hydrogens is 321 g/mol. The fourth-order valence-corrected chi connectivity index (χ4v) is 4.25. The summed E-state index contributed by atoms with van der Waals surface area (Å²) in [5.41, 5.74) is 1.14. The van der Waals surface area contributed by atoms with Crippen molar-refractivity contribution in [3.05, 3.63) is 54.3 Å². The van der Waals surface area contributed by atoms with Gasteiger partial charge in [-0.25, -0.2) is 4.39 Å². The first kappa shape index (κ1) is 15.6. The quantitative estimate of drug-likeness (QED) is 0.634. The summed E-state index contributed by atoms with van der Waals surface area (Å²) in [6, 6.07) is 15.2. The fourth-order valence-electron chi connectivity index (χ4n) is 3.16. The smallest absolute Gasteiger partial charge is 0.124 e. The van der Waals surface area contributed by atoms with Crippen LogP contribution in [0, 0.1) is 5.82 Å². The number of ether oxygens (including phenoxy) is 1. The minimum absolute atomic E-state index is 0.183. The van der Waals surface area contributed by atoms with Gasteiger partial charge in [0.2, 0.25) is 0 Å². The van der Waals surface area contributed by atoms with Crippen molar-refractivity contribution in [2.24, 2.45) is 0 Å². The second-order valence-electron chi connectivity index (χ2n) is 6.21. The van der Waals surface area contributed by atoms with Crippen LogP contribution in [0.4, 0.5) is 4.39 Å². The van der Waals surface area contributed by atoms with Crippen LogP contribution in [0.5, 0.6) is 5.75 Å². The van der Waals surface area contributed by atoms with Gasteiger partial charge in [0.25, 0.3) is 0 Å². The van der Waals surface area contributed by atoms with Gasteiger partial charge in [-0.05, 0) is 79.3 Å². The third kappa shape index (κ3) is 3.45. The van der Waals surface area contributed by atoms with Crippen LogP contribution >= 0.6 is 11.3 Å². The summed E-state index contributed by atoms with van der Waals surface area (Å²) < 4.78 is 20.1. The normalized spacial score (nSPS) is 15.2. The first-order valence-electron chi connectivity index (χ1n) is 8.43. The van der Waals surface area contributed by atoms with E-state index in [4.69, 9.17) is 4.74 Å². The van der Waals surface area contributed by atoms with Gasteiger partial charge in [-0.15, -0.1) is 11.3 Å². The Hall–Kier alpha value is -1.91. The molecule has 1 saturated heterocycles. The van der Waals surface area contributed by atoms with E-state index in [0.29, 0.717) is 0 Å². The van der Waals surface area contributed by atoms with Gasteiger partial charge in [-0.3, -0.25) is 4.90 Å². The highest BCUT2D eigenvalue weighted by Gasteiger charge is 2.11. The van der Waals surface area contributed by atoms with Gasteiger partial charge >= 0.3 is 0 Å². The molecule has 1 aromatic heterocycles. The summed E-state index contributed by atoms with van der Waals surface area (Å²) in [5, 5.41) is 1.09. The van der Waals surface area contributed by atoms with E-state index in [1.54, 1.807) is 17.4 Å². The molecule has 1 aliphatic heterocycles. The number of thiophene rings is 1. The van der Waals surface area contributed by atoms with Gasteiger partial charge in [-0.1, -0.05) is 6.07 Å². The molecule has 2 aromatic carbocycles. The second-order valence-corrected chi connectivity index (χ2v) is 7.30. The molecule has 124 valence electrons. The van der Waals surface area contributed by atoms with Crippen LogP contribution in [0.2, 0.25) is 0 Å². The molecule has 0 radical (unpaired) electrons. The first-order chi connectivity index (χ1) is 11.8. The minimum atomic E-state index is -0.183. The van der Waals surface area contributed by atoms with Crippen LogP contribution in [0.3, 0.4) is 0 Å². The average Bonchev–Trinajstić information content (AvgIpc) is 3.24. The second kappa shape index (κ2) is 6.91. The Morgan fingerprint density at radius 3 is 2.58 bits per heavy atom. The summed E-state index contributed by atoms with van der Waals surface area (Å²) in [5.74, 6) is 0.725. The number of benzene rings is 2. The van der Waals surface area contributed by atoms with Gasteiger partial charge < -0.3 is 4.74 Å². The van der Waals surface area contributed by atoms with Gasteiger partial charge in [-0.2, -0.15) is 0 Å². The summed E-state index contributed by atoms with van der Waals surface area (Å²) >= 11 is 1.62. The van der Waals surface area contributed by atoms with E-state index in [1.807, 2.05) is 18.2 Å². The number of fused-ring (bicyclic) bond motifs is 1. The van der Waals surface area contributed by atoms with E-state index in [-0.39, 0.29) is 5.82 Å². The number of hydrogen-bond donors (Lipinski definition) is 0. The summed E-state index contributed by atoms with van der Waals surface area (Å²) in [6.07, 6.45) is 2.63. The Bertz CT molecular complexity index is 821. The number of hydrogen-bond acceptors (Lipinski definition) is 3. The van der Waals surface area contributed by atoms with Crippen LogP contribution in [0.25, 0.3) is 20.5 Å². The van der Waals surface area contributed by atoms with E-state index in [2.05, 4.69) is 23.1 Å².